The molecule has 29 heavy (non-hydrogen) atoms. The van der Waals surface area contributed by atoms with Crippen molar-refractivity contribution in [1.82, 2.24) is 0 Å². The second kappa shape index (κ2) is 23.0. The van der Waals surface area contributed by atoms with Gasteiger partial charge in [-0.3, -0.25) is 0 Å². The van der Waals surface area contributed by atoms with Crippen molar-refractivity contribution in [3.8, 4) is 0 Å². The van der Waals surface area contributed by atoms with Crippen LogP contribution in [0.3, 0.4) is 0 Å². The highest BCUT2D eigenvalue weighted by atomic mass is 16.8. The van der Waals surface area contributed by atoms with Crippen molar-refractivity contribution in [2.75, 3.05) is 13.2 Å². The Hall–Kier alpha value is -1.30. The van der Waals surface area contributed by atoms with Gasteiger partial charge in [-0.05, 0) is 64.5 Å². The maximum atomic E-state index is 10.3. The Balaban J connectivity index is 4.20. The maximum Gasteiger partial charge on any atom is 0.180 e. The van der Waals surface area contributed by atoms with Crippen LogP contribution >= 0.6 is 0 Å². The third kappa shape index (κ3) is 19.8. The lowest BCUT2D eigenvalue weighted by Gasteiger charge is -2.20. The van der Waals surface area contributed by atoms with E-state index in [1.165, 1.54) is 0 Å². The van der Waals surface area contributed by atoms with Crippen molar-refractivity contribution < 1.29 is 23.8 Å². The normalized spacial score (nSPS) is 13.9. The number of ether oxygens (including phenoxy) is 3. The van der Waals surface area contributed by atoms with Crippen molar-refractivity contribution in [3.63, 3.8) is 0 Å². The first-order valence-electron chi connectivity index (χ1n) is 11.4. The van der Waals surface area contributed by atoms with Gasteiger partial charge in [0.15, 0.2) is 12.6 Å². The quantitative estimate of drug-likeness (QED) is 0.0959. The number of hydrogen-bond donors (Lipinski definition) is 0. The second-order valence-corrected chi connectivity index (χ2v) is 6.96. The first-order chi connectivity index (χ1) is 14.3. The van der Waals surface area contributed by atoms with E-state index in [9.17, 15) is 9.59 Å². The highest BCUT2D eigenvalue weighted by Gasteiger charge is 2.12. The average molecular weight is 411 g/mol. The zero-order valence-corrected chi connectivity index (χ0v) is 18.6. The molecule has 0 amide bonds. The Morgan fingerprint density at radius 2 is 0.966 bits per heavy atom. The third-order valence-corrected chi connectivity index (χ3v) is 4.40. The molecule has 0 heterocycles. The van der Waals surface area contributed by atoms with Crippen LogP contribution in [0.2, 0.25) is 0 Å². The number of carbonyl (C=O) groups excluding carboxylic acids is 2. The molecule has 2 atom stereocenters. The molecular formula is C24H42O5. The Labute approximate surface area is 177 Å². The molecule has 5 heteroatoms. The van der Waals surface area contributed by atoms with Crippen molar-refractivity contribution in [2.45, 2.75) is 103 Å². The predicted molar refractivity (Wildman–Crippen MR) is 118 cm³/mol. The van der Waals surface area contributed by atoms with Gasteiger partial charge in [-0.1, -0.05) is 37.8 Å². The molecule has 0 saturated carbocycles. The van der Waals surface area contributed by atoms with Crippen LogP contribution in [0.1, 0.15) is 90.9 Å². The highest BCUT2D eigenvalue weighted by molar-refractivity contribution is 5.49. The number of hydrogen-bond acceptors (Lipinski definition) is 5. The van der Waals surface area contributed by atoms with Gasteiger partial charge in [0, 0.05) is 26.1 Å². The van der Waals surface area contributed by atoms with Gasteiger partial charge in [0.2, 0.25) is 0 Å². The summed E-state index contributed by atoms with van der Waals surface area (Å²) in [6.45, 7) is 5.05. The molecule has 5 nitrogen and oxygen atoms in total. The SMILES string of the molecule is CCOC(C=CCCCCCCC=O)OC(C=CCCCCCCC=O)OCC. The lowest BCUT2D eigenvalue weighted by molar-refractivity contribution is -0.204. The Morgan fingerprint density at radius 3 is 1.31 bits per heavy atom. The van der Waals surface area contributed by atoms with E-state index in [0.29, 0.717) is 26.1 Å². The zero-order chi connectivity index (χ0) is 21.4. The Bertz CT molecular complexity index is 381. The summed E-state index contributed by atoms with van der Waals surface area (Å²) in [7, 11) is 0. The summed E-state index contributed by atoms with van der Waals surface area (Å²) in [5.74, 6) is 0. The molecule has 0 aromatic heterocycles. The minimum atomic E-state index is -0.417. The van der Waals surface area contributed by atoms with Gasteiger partial charge in [0.1, 0.15) is 12.6 Å². The third-order valence-electron chi connectivity index (χ3n) is 4.40. The molecule has 0 rings (SSSR count). The smallest absolute Gasteiger partial charge is 0.180 e. The molecule has 0 aliphatic rings. The van der Waals surface area contributed by atoms with Crippen molar-refractivity contribution in [3.05, 3.63) is 24.3 Å². The molecular weight excluding hydrogens is 368 g/mol. The van der Waals surface area contributed by atoms with E-state index in [4.69, 9.17) is 14.2 Å². The molecule has 0 aliphatic heterocycles. The fourth-order valence-corrected chi connectivity index (χ4v) is 2.84. The van der Waals surface area contributed by atoms with Crippen LogP contribution in [0, 0.1) is 0 Å². The molecule has 0 aromatic carbocycles. The molecule has 168 valence electrons. The van der Waals surface area contributed by atoms with E-state index in [-0.39, 0.29) is 0 Å². The van der Waals surface area contributed by atoms with E-state index in [0.717, 1.165) is 76.8 Å². The van der Waals surface area contributed by atoms with Gasteiger partial charge >= 0.3 is 0 Å². The van der Waals surface area contributed by atoms with Gasteiger partial charge in [0.05, 0.1) is 0 Å². The maximum absolute atomic E-state index is 10.3. The summed E-state index contributed by atoms with van der Waals surface area (Å²) < 4.78 is 17.3. The molecule has 0 N–H and O–H groups in total. The predicted octanol–water partition coefficient (Wildman–Crippen LogP) is 5.92. The van der Waals surface area contributed by atoms with E-state index >= 15 is 0 Å². The molecule has 0 radical (unpaired) electrons. The summed E-state index contributed by atoms with van der Waals surface area (Å²) in [4.78, 5) is 20.6. The van der Waals surface area contributed by atoms with Crippen molar-refractivity contribution >= 4 is 12.6 Å². The standard InChI is InChI=1S/C24H42O5/c1-3-27-23(19-15-11-7-5-9-13-17-21-25)29-24(28-4-2)20-16-12-8-6-10-14-18-22-26/h15-16,19-24H,3-14,17-18H2,1-2H3. The van der Waals surface area contributed by atoms with Crippen LogP contribution in [0.25, 0.3) is 0 Å². The number of unbranched alkanes of at least 4 members (excludes halogenated alkanes) is 10. The lowest BCUT2D eigenvalue weighted by Crippen LogP contribution is -2.24. The van der Waals surface area contributed by atoms with Gasteiger partial charge in [-0.2, -0.15) is 0 Å². The Kier molecular flexibility index (Phi) is 22.0. The lowest BCUT2D eigenvalue weighted by atomic mass is 10.1. The monoisotopic (exact) mass is 410 g/mol. The van der Waals surface area contributed by atoms with Gasteiger partial charge in [-0.15, -0.1) is 0 Å². The number of aldehydes is 2. The largest absolute Gasteiger partial charge is 0.349 e. The van der Waals surface area contributed by atoms with Gasteiger partial charge in [0.25, 0.3) is 0 Å². The summed E-state index contributed by atoms with van der Waals surface area (Å²) in [6, 6.07) is 0. The number of rotatable bonds is 22. The van der Waals surface area contributed by atoms with Gasteiger partial charge < -0.3 is 23.8 Å². The topological polar surface area (TPSA) is 61.8 Å². The van der Waals surface area contributed by atoms with Crippen LogP contribution in [-0.4, -0.2) is 38.4 Å². The molecule has 2 unspecified atom stereocenters. The first-order valence-corrected chi connectivity index (χ1v) is 11.4. The minimum Gasteiger partial charge on any atom is -0.349 e. The molecule has 0 aromatic rings. The van der Waals surface area contributed by atoms with Crippen LogP contribution in [0.5, 0.6) is 0 Å². The van der Waals surface area contributed by atoms with Crippen LogP contribution in [0.4, 0.5) is 0 Å². The molecule has 0 saturated heterocycles. The highest BCUT2D eigenvalue weighted by Crippen LogP contribution is 2.11. The van der Waals surface area contributed by atoms with Crippen molar-refractivity contribution in [2.24, 2.45) is 0 Å². The summed E-state index contributed by atoms with van der Waals surface area (Å²) in [6.07, 6.45) is 21.2. The molecule has 0 bridgehead atoms. The average Bonchev–Trinajstić information content (AvgIpc) is 2.72. The van der Waals surface area contributed by atoms with E-state index in [2.05, 4.69) is 12.2 Å². The second-order valence-electron chi connectivity index (χ2n) is 6.96. The van der Waals surface area contributed by atoms with Crippen LogP contribution in [0.15, 0.2) is 24.3 Å². The van der Waals surface area contributed by atoms with E-state index < -0.39 is 12.6 Å². The summed E-state index contributed by atoms with van der Waals surface area (Å²) in [5.41, 5.74) is 0. The number of carbonyl (C=O) groups is 2. The van der Waals surface area contributed by atoms with Crippen molar-refractivity contribution in [1.29, 1.82) is 0 Å². The van der Waals surface area contributed by atoms with Gasteiger partial charge in [-0.25, -0.2) is 0 Å². The summed E-state index contributed by atoms with van der Waals surface area (Å²) >= 11 is 0. The first kappa shape index (κ1) is 27.7. The molecule has 0 aliphatic carbocycles. The van der Waals surface area contributed by atoms with E-state index in [1.807, 2.05) is 26.0 Å². The van der Waals surface area contributed by atoms with Crippen LogP contribution < -0.4 is 0 Å². The summed E-state index contributed by atoms with van der Waals surface area (Å²) in [5, 5.41) is 0. The fraction of sp³-hybridized carbons (Fsp3) is 0.750. The Morgan fingerprint density at radius 1 is 0.586 bits per heavy atom. The number of allylic oxidation sites excluding steroid dienone is 2. The van der Waals surface area contributed by atoms with E-state index in [1.54, 1.807) is 0 Å². The molecule has 0 fully saturated rings. The molecule has 0 spiro atoms. The van der Waals surface area contributed by atoms with Crippen LogP contribution in [-0.2, 0) is 23.8 Å². The fourth-order valence-electron chi connectivity index (χ4n) is 2.84. The minimum absolute atomic E-state index is 0.417. The zero-order valence-electron chi connectivity index (χ0n) is 18.6.